The topological polar surface area (TPSA) is 125 Å². The number of carbonyl (C=O) groups is 1. The third-order valence-electron chi connectivity index (χ3n) is 5.15. The lowest BCUT2D eigenvalue weighted by Crippen LogP contribution is -2.24. The third-order valence-corrected chi connectivity index (χ3v) is 5.15. The molecule has 1 N–H and O–H groups in total. The lowest BCUT2D eigenvalue weighted by atomic mass is 10.2. The Morgan fingerprint density at radius 1 is 1.16 bits per heavy atom. The van der Waals surface area contributed by atoms with E-state index in [1.54, 1.807) is 4.68 Å². The van der Waals surface area contributed by atoms with Crippen molar-refractivity contribution in [3.05, 3.63) is 86.7 Å². The van der Waals surface area contributed by atoms with E-state index in [4.69, 9.17) is 0 Å². The van der Waals surface area contributed by atoms with E-state index in [-0.39, 0.29) is 29.9 Å². The van der Waals surface area contributed by atoms with Crippen LogP contribution >= 0.6 is 0 Å². The van der Waals surface area contributed by atoms with Crippen LogP contribution in [0.25, 0.3) is 16.6 Å². The van der Waals surface area contributed by atoms with Gasteiger partial charge in [0.15, 0.2) is 0 Å². The fourth-order valence-electron chi connectivity index (χ4n) is 3.49. The number of para-hydroxylation sites is 1. The Bertz CT molecular complexity index is 1390. The van der Waals surface area contributed by atoms with Crippen molar-refractivity contribution < 1.29 is 9.72 Å². The molecule has 1 amide bonds. The highest BCUT2D eigenvalue weighted by atomic mass is 16.6. The van der Waals surface area contributed by atoms with Gasteiger partial charge in [0.1, 0.15) is 0 Å². The summed E-state index contributed by atoms with van der Waals surface area (Å²) in [5.41, 5.74) is 2.72. The van der Waals surface area contributed by atoms with Crippen LogP contribution in [0.3, 0.4) is 0 Å². The first-order chi connectivity index (χ1) is 15.3. The average molecular weight is 432 g/mol. The van der Waals surface area contributed by atoms with Gasteiger partial charge in [0.2, 0.25) is 5.91 Å². The second kappa shape index (κ2) is 8.42. The first kappa shape index (κ1) is 20.9. The number of fused-ring (bicyclic) bond motifs is 1. The molecule has 32 heavy (non-hydrogen) atoms. The highest BCUT2D eigenvalue weighted by Crippen LogP contribution is 2.23. The fourth-order valence-corrected chi connectivity index (χ4v) is 3.49. The van der Waals surface area contributed by atoms with Crippen molar-refractivity contribution >= 4 is 28.2 Å². The molecule has 0 saturated heterocycles. The molecule has 162 valence electrons. The molecule has 0 saturated carbocycles. The van der Waals surface area contributed by atoms with E-state index < -0.39 is 10.5 Å². The van der Waals surface area contributed by atoms with Gasteiger partial charge in [0.25, 0.3) is 11.2 Å². The van der Waals surface area contributed by atoms with Gasteiger partial charge in [0, 0.05) is 25.1 Å². The van der Waals surface area contributed by atoms with Crippen LogP contribution in [0.1, 0.15) is 17.8 Å². The zero-order valence-electron chi connectivity index (χ0n) is 17.5. The van der Waals surface area contributed by atoms with Gasteiger partial charge in [-0.05, 0) is 32.0 Å². The summed E-state index contributed by atoms with van der Waals surface area (Å²) in [6, 6.07) is 13.5. The maximum atomic E-state index is 12.7. The van der Waals surface area contributed by atoms with Gasteiger partial charge in [-0.2, -0.15) is 5.10 Å². The van der Waals surface area contributed by atoms with Crippen LogP contribution < -0.4 is 10.9 Å². The Labute approximate surface area is 182 Å². The normalized spacial score (nSPS) is 10.9. The zero-order valence-corrected chi connectivity index (χ0v) is 17.5. The quantitative estimate of drug-likeness (QED) is 0.369. The minimum absolute atomic E-state index is 0.0252. The van der Waals surface area contributed by atoms with Crippen molar-refractivity contribution in [2.45, 2.75) is 26.8 Å². The molecule has 0 atom stereocenters. The number of aromatic nitrogens is 4. The summed E-state index contributed by atoms with van der Waals surface area (Å²) in [6.45, 7) is 3.77. The van der Waals surface area contributed by atoms with Gasteiger partial charge in [0.05, 0.1) is 44.9 Å². The molecule has 0 fully saturated rings. The molecule has 10 nitrogen and oxygen atoms in total. The second-order valence-corrected chi connectivity index (χ2v) is 7.29. The zero-order chi connectivity index (χ0) is 22.8. The number of aryl methyl sites for hydroxylation is 2. The number of anilines is 1. The lowest BCUT2D eigenvalue weighted by molar-refractivity contribution is -0.384. The Balaban J connectivity index is 1.51. The summed E-state index contributed by atoms with van der Waals surface area (Å²) >= 11 is 0. The molecule has 2 aromatic carbocycles. The highest BCUT2D eigenvalue weighted by Gasteiger charge is 2.16. The summed E-state index contributed by atoms with van der Waals surface area (Å²) in [4.78, 5) is 39.9. The fraction of sp³-hybridized carbons (Fsp3) is 0.182. The molecule has 0 radical (unpaired) electrons. The Morgan fingerprint density at radius 3 is 2.62 bits per heavy atom. The Morgan fingerprint density at radius 2 is 1.91 bits per heavy atom. The predicted molar refractivity (Wildman–Crippen MR) is 119 cm³/mol. The summed E-state index contributed by atoms with van der Waals surface area (Å²) in [7, 11) is 0. The largest absolute Gasteiger partial charge is 0.323 e. The van der Waals surface area contributed by atoms with E-state index in [0.717, 1.165) is 11.4 Å². The van der Waals surface area contributed by atoms with Gasteiger partial charge in [-0.3, -0.25) is 24.3 Å². The van der Waals surface area contributed by atoms with Crippen molar-refractivity contribution in [2.24, 2.45) is 0 Å². The van der Waals surface area contributed by atoms with E-state index in [0.29, 0.717) is 16.9 Å². The van der Waals surface area contributed by atoms with E-state index >= 15 is 0 Å². The number of rotatable bonds is 6. The number of amides is 1. The minimum Gasteiger partial charge on any atom is -0.323 e. The van der Waals surface area contributed by atoms with Crippen molar-refractivity contribution in [1.29, 1.82) is 0 Å². The molecule has 4 rings (SSSR count). The number of hydrogen-bond acceptors (Lipinski definition) is 6. The average Bonchev–Trinajstić information content (AvgIpc) is 3.07. The number of carbonyl (C=O) groups excluding carboxylic acids is 1. The number of benzene rings is 2. The molecule has 0 spiro atoms. The van der Waals surface area contributed by atoms with Crippen molar-refractivity contribution in [2.75, 3.05) is 5.32 Å². The molecule has 0 aliphatic heterocycles. The molecule has 0 bridgehead atoms. The second-order valence-electron chi connectivity index (χ2n) is 7.29. The van der Waals surface area contributed by atoms with Crippen LogP contribution in [0.15, 0.2) is 59.7 Å². The molecule has 0 unspecified atom stereocenters. The summed E-state index contributed by atoms with van der Waals surface area (Å²) in [5.74, 6) is -0.283. The maximum Gasteiger partial charge on any atom is 0.270 e. The SMILES string of the molecule is Cc1nn(-c2ccccc2)c(C)c1NC(=O)CCn1cnc2ccc([N+](=O)[O-])cc2c1=O. The molecule has 4 aromatic rings. The first-order valence-corrected chi connectivity index (χ1v) is 9.90. The number of nitro benzene ring substituents is 1. The monoisotopic (exact) mass is 432 g/mol. The third kappa shape index (κ3) is 3.97. The molecule has 2 heterocycles. The predicted octanol–water partition coefficient (Wildman–Crippen LogP) is 3.14. The number of nitrogens with zero attached hydrogens (tertiary/aromatic N) is 5. The number of nitro groups is 1. The van der Waals surface area contributed by atoms with Gasteiger partial charge < -0.3 is 5.32 Å². The van der Waals surface area contributed by atoms with Crippen molar-refractivity contribution in [1.82, 2.24) is 19.3 Å². The standard InChI is InChI=1S/C22H20N6O4/c1-14-21(15(2)27(25-14)16-6-4-3-5-7-16)24-20(29)10-11-26-13-23-19-9-8-17(28(31)32)12-18(19)22(26)30/h3-9,12-13H,10-11H2,1-2H3,(H,24,29). The molecule has 2 aromatic heterocycles. The van der Waals surface area contributed by atoms with Crippen LogP contribution in [0.2, 0.25) is 0 Å². The van der Waals surface area contributed by atoms with Crippen LogP contribution in [0.5, 0.6) is 0 Å². The van der Waals surface area contributed by atoms with Gasteiger partial charge in [-0.15, -0.1) is 0 Å². The van der Waals surface area contributed by atoms with Gasteiger partial charge in [-0.1, -0.05) is 18.2 Å². The van der Waals surface area contributed by atoms with E-state index in [2.05, 4.69) is 15.4 Å². The summed E-state index contributed by atoms with van der Waals surface area (Å²) in [5, 5.41) is 18.5. The smallest absolute Gasteiger partial charge is 0.270 e. The van der Waals surface area contributed by atoms with Gasteiger partial charge in [-0.25, -0.2) is 9.67 Å². The molecular weight excluding hydrogens is 412 g/mol. The van der Waals surface area contributed by atoms with Crippen molar-refractivity contribution in [3.63, 3.8) is 0 Å². The van der Waals surface area contributed by atoms with Crippen LogP contribution in [0, 0.1) is 24.0 Å². The van der Waals surface area contributed by atoms with Gasteiger partial charge >= 0.3 is 0 Å². The van der Waals surface area contributed by atoms with E-state index in [1.165, 1.54) is 29.1 Å². The highest BCUT2D eigenvalue weighted by molar-refractivity contribution is 5.92. The molecule has 0 aliphatic rings. The molecule has 0 aliphatic carbocycles. The Hall–Kier alpha value is -4.34. The molecular formula is C22H20N6O4. The Kier molecular flexibility index (Phi) is 5.50. The van der Waals surface area contributed by atoms with Crippen LogP contribution in [0.4, 0.5) is 11.4 Å². The number of hydrogen-bond donors (Lipinski definition) is 1. The van der Waals surface area contributed by atoms with E-state index in [9.17, 15) is 19.7 Å². The van der Waals surface area contributed by atoms with Crippen LogP contribution in [-0.2, 0) is 11.3 Å². The van der Waals surface area contributed by atoms with Crippen LogP contribution in [-0.4, -0.2) is 30.2 Å². The lowest BCUT2D eigenvalue weighted by Gasteiger charge is -2.09. The van der Waals surface area contributed by atoms with E-state index in [1.807, 2.05) is 44.2 Å². The maximum absolute atomic E-state index is 12.7. The minimum atomic E-state index is -0.566. The number of non-ortho nitro benzene ring substituents is 1. The number of nitrogens with one attached hydrogen (secondary N) is 1. The molecule has 10 heteroatoms. The summed E-state index contributed by atoms with van der Waals surface area (Å²) in [6.07, 6.45) is 1.37. The summed E-state index contributed by atoms with van der Waals surface area (Å²) < 4.78 is 3.04. The first-order valence-electron chi connectivity index (χ1n) is 9.90. The van der Waals surface area contributed by atoms with Crippen molar-refractivity contribution in [3.8, 4) is 5.69 Å².